The van der Waals surface area contributed by atoms with Crippen LogP contribution in [0.5, 0.6) is 0 Å². The Balaban J connectivity index is 1.81. The van der Waals surface area contributed by atoms with E-state index in [0.717, 1.165) is 0 Å². The summed E-state index contributed by atoms with van der Waals surface area (Å²) in [6, 6.07) is 11.2. The molecule has 1 fully saturated rings. The lowest BCUT2D eigenvalue weighted by molar-refractivity contribution is 0.149. The molecule has 18 heavy (non-hydrogen) atoms. The van der Waals surface area contributed by atoms with Crippen LogP contribution < -0.4 is 5.32 Å². The number of rotatable bonds is 5. The Bertz CT molecular complexity index is 331. The molecule has 1 saturated heterocycles. The number of nitrogens with one attached hydrogen (secondary N) is 1. The first-order chi connectivity index (χ1) is 8.79. The van der Waals surface area contributed by atoms with Crippen molar-refractivity contribution in [3.63, 3.8) is 0 Å². The molecule has 0 bridgehead atoms. The van der Waals surface area contributed by atoms with Gasteiger partial charge in [0, 0.05) is 38.8 Å². The zero-order valence-electron chi connectivity index (χ0n) is 11.6. The molecule has 1 atom stereocenters. The highest BCUT2D eigenvalue weighted by atomic mass is 15.2. The second-order valence-corrected chi connectivity index (χ2v) is 5.19. The van der Waals surface area contributed by atoms with E-state index in [0.29, 0.717) is 6.04 Å². The van der Waals surface area contributed by atoms with Gasteiger partial charge in [-0.2, -0.15) is 0 Å². The highest BCUT2D eigenvalue weighted by Gasteiger charge is 2.15. The van der Waals surface area contributed by atoms with Gasteiger partial charge in [0.1, 0.15) is 0 Å². The van der Waals surface area contributed by atoms with Gasteiger partial charge in [-0.05, 0) is 26.1 Å². The number of benzene rings is 1. The smallest absolute Gasteiger partial charge is 0.0329 e. The van der Waals surface area contributed by atoms with E-state index in [2.05, 4.69) is 59.5 Å². The normalized spacial score (nSPS) is 19.9. The molecule has 1 heterocycles. The van der Waals surface area contributed by atoms with Gasteiger partial charge in [-0.3, -0.25) is 0 Å². The van der Waals surface area contributed by atoms with Gasteiger partial charge in [0.15, 0.2) is 0 Å². The second kappa shape index (κ2) is 6.88. The molecule has 3 heteroatoms. The van der Waals surface area contributed by atoms with Crippen molar-refractivity contribution in [1.82, 2.24) is 15.1 Å². The molecule has 0 radical (unpaired) electrons. The van der Waals surface area contributed by atoms with Crippen molar-refractivity contribution in [3.8, 4) is 0 Å². The van der Waals surface area contributed by atoms with Gasteiger partial charge in [0.2, 0.25) is 0 Å². The molecule has 0 spiro atoms. The SMILES string of the molecule is CNC(CCN1CCN(C)CC1)c1ccccc1. The fraction of sp³-hybridized carbons (Fsp3) is 0.600. The molecule has 1 N–H and O–H groups in total. The largest absolute Gasteiger partial charge is 0.313 e. The average molecular weight is 247 g/mol. The van der Waals surface area contributed by atoms with E-state index in [-0.39, 0.29) is 0 Å². The number of nitrogens with zero attached hydrogens (tertiary/aromatic N) is 2. The van der Waals surface area contributed by atoms with E-state index in [4.69, 9.17) is 0 Å². The minimum absolute atomic E-state index is 0.478. The van der Waals surface area contributed by atoms with Gasteiger partial charge in [0.25, 0.3) is 0 Å². The maximum Gasteiger partial charge on any atom is 0.0329 e. The number of hydrogen-bond donors (Lipinski definition) is 1. The van der Waals surface area contributed by atoms with Crippen LogP contribution in [-0.4, -0.2) is 56.6 Å². The van der Waals surface area contributed by atoms with Crippen molar-refractivity contribution in [1.29, 1.82) is 0 Å². The summed E-state index contributed by atoms with van der Waals surface area (Å²) in [4.78, 5) is 4.98. The predicted octanol–water partition coefficient (Wildman–Crippen LogP) is 1.58. The lowest BCUT2D eigenvalue weighted by Crippen LogP contribution is -2.45. The number of hydrogen-bond acceptors (Lipinski definition) is 3. The quantitative estimate of drug-likeness (QED) is 0.852. The van der Waals surface area contributed by atoms with E-state index in [1.54, 1.807) is 0 Å². The summed E-state index contributed by atoms with van der Waals surface area (Å²) in [6.45, 7) is 6.02. The minimum atomic E-state index is 0.478. The lowest BCUT2D eigenvalue weighted by Gasteiger charge is -2.33. The van der Waals surface area contributed by atoms with Gasteiger partial charge in [-0.25, -0.2) is 0 Å². The molecule has 1 aromatic rings. The molecule has 0 aliphatic carbocycles. The molecule has 100 valence electrons. The molecule has 1 unspecified atom stereocenters. The van der Waals surface area contributed by atoms with Crippen LogP contribution in [0.1, 0.15) is 18.0 Å². The molecule has 1 aliphatic heterocycles. The maximum absolute atomic E-state index is 3.43. The molecule has 3 nitrogen and oxygen atoms in total. The average Bonchev–Trinajstić information content (AvgIpc) is 2.43. The Labute approximate surface area is 111 Å². The standard InChI is InChI=1S/C15H25N3/c1-16-15(14-6-4-3-5-7-14)8-9-18-12-10-17(2)11-13-18/h3-7,15-16H,8-13H2,1-2H3. The van der Waals surface area contributed by atoms with Crippen LogP contribution in [0.25, 0.3) is 0 Å². The van der Waals surface area contributed by atoms with Crippen molar-refractivity contribution in [2.75, 3.05) is 46.8 Å². The molecular weight excluding hydrogens is 222 g/mol. The Hall–Kier alpha value is -0.900. The summed E-state index contributed by atoms with van der Waals surface area (Å²) in [5.41, 5.74) is 1.40. The van der Waals surface area contributed by atoms with Crippen molar-refractivity contribution in [3.05, 3.63) is 35.9 Å². The Morgan fingerprint density at radius 1 is 1.11 bits per heavy atom. The predicted molar refractivity (Wildman–Crippen MR) is 76.8 cm³/mol. The third kappa shape index (κ3) is 3.80. The van der Waals surface area contributed by atoms with E-state index >= 15 is 0 Å². The summed E-state index contributed by atoms with van der Waals surface area (Å²) in [5, 5.41) is 3.43. The molecule has 1 aliphatic rings. The number of piperazine rings is 1. The second-order valence-electron chi connectivity index (χ2n) is 5.19. The van der Waals surface area contributed by atoms with Crippen molar-refractivity contribution >= 4 is 0 Å². The summed E-state index contributed by atoms with van der Waals surface area (Å²) in [6.07, 6.45) is 1.18. The monoisotopic (exact) mass is 247 g/mol. The zero-order chi connectivity index (χ0) is 12.8. The van der Waals surface area contributed by atoms with Gasteiger partial charge in [-0.15, -0.1) is 0 Å². The fourth-order valence-electron chi connectivity index (χ4n) is 2.55. The highest BCUT2D eigenvalue weighted by Crippen LogP contribution is 2.16. The van der Waals surface area contributed by atoms with Crippen molar-refractivity contribution < 1.29 is 0 Å². The van der Waals surface area contributed by atoms with Crippen LogP contribution in [0.2, 0.25) is 0 Å². The topological polar surface area (TPSA) is 18.5 Å². The van der Waals surface area contributed by atoms with E-state index < -0.39 is 0 Å². The van der Waals surface area contributed by atoms with Gasteiger partial charge < -0.3 is 15.1 Å². The summed E-state index contributed by atoms with van der Waals surface area (Å²) in [7, 11) is 4.26. The molecule has 2 rings (SSSR count). The Morgan fingerprint density at radius 3 is 2.39 bits per heavy atom. The zero-order valence-corrected chi connectivity index (χ0v) is 11.6. The van der Waals surface area contributed by atoms with E-state index in [9.17, 15) is 0 Å². The first-order valence-electron chi connectivity index (χ1n) is 6.92. The number of likely N-dealkylation sites (N-methyl/N-ethyl adjacent to an activating group) is 1. The third-order valence-electron chi connectivity index (χ3n) is 3.88. The van der Waals surface area contributed by atoms with Crippen molar-refractivity contribution in [2.24, 2.45) is 0 Å². The van der Waals surface area contributed by atoms with E-state index in [1.807, 2.05) is 0 Å². The molecule has 0 saturated carbocycles. The Morgan fingerprint density at radius 2 is 1.78 bits per heavy atom. The van der Waals surface area contributed by atoms with Crippen molar-refractivity contribution in [2.45, 2.75) is 12.5 Å². The third-order valence-corrected chi connectivity index (χ3v) is 3.88. The van der Waals surface area contributed by atoms with Crippen LogP contribution in [0, 0.1) is 0 Å². The van der Waals surface area contributed by atoms with Crippen LogP contribution >= 0.6 is 0 Å². The minimum Gasteiger partial charge on any atom is -0.313 e. The van der Waals surface area contributed by atoms with Crippen LogP contribution in [0.15, 0.2) is 30.3 Å². The van der Waals surface area contributed by atoms with Gasteiger partial charge in [0.05, 0.1) is 0 Å². The molecule has 0 aromatic heterocycles. The van der Waals surface area contributed by atoms with Crippen LogP contribution in [0.4, 0.5) is 0 Å². The Kier molecular flexibility index (Phi) is 5.17. The first kappa shape index (κ1) is 13.5. The molecule has 1 aromatic carbocycles. The summed E-state index contributed by atoms with van der Waals surface area (Å²) in [5.74, 6) is 0. The maximum atomic E-state index is 3.43. The fourth-order valence-corrected chi connectivity index (χ4v) is 2.55. The highest BCUT2D eigenvalue weighted by molar-refractivity contribution is 5.18. The van der Waals surface area contributed by atoms with Gasteiger partial charge >= 0.3 is 0 Å². The van der Waals surface area contributed by atoms with Crippen LogP contribution in [-0.2, 0) is 0 Å². The summed E-state index contributed by atoms with van der Waals surface area (Å²) >= 11 is 0. The molecular formula is C15H25N3. The first-order valence-corrected chi connectivity index (χ1v) is 6.92. The van der Waals surface area contributed by atoms with Crippen LogP contribution in [0.3, 0.4) is 0 Å². The molecule has 0 amide bonds. The van der Waals surface area contributed by atoms with E-state index in [1.165, 1.54) is 44.7 Å². The summed E-state index contributed by atoms with van der Waals surface area (Å²) < 4.78 is 0. The van der Waals surface area contributed by atoms with Gasteiger partial charge in [-0.1, -0.05) is 30.3 Å². The lowest BCUT2D eigenvalue weighted by atomic mass is 10.0.